The summed E-state index contributed by atoms with van der Waals surface area (Å²) in [5.41, 5.74) is 0.727. The smallest absolute Gasteiger partial charge is 0.339 e. The van der Waals surface area contributed by atoms with Crippen molar-refractivity contribution in [2.24, 2.45) is 10.2 Å². The molecule has 9 nitrogen and oxygen atoms in total. The number of hydrogen-bond acceptors (Lipinski definition) is 7. The van der Waals surface area contributed by atoms with Crippen molar-refractivity contribution >= 4 is 39.4 Å². The number of phenols is 1. The van der Waals surface area contributed by atoms with Crippen LogP contribution in [0.2, 0.25) is 0 Å². The van der Waals surface area contributed by atoms with Gasteiger partial charge in [0.2, 0.25) is 5.82 Å². The number of carboxylic acid groups (broad SMARTS) is 1. The summed E-state index contributed by atoms with van der Waals surface area (Å²) in [6.07, 6.45) is 2.75. The van der Waals surface area contributed by atoms with E-state index in [0.29, 0.717) is 21.9 Å². The first-order chi connectivity index (χ1) is 12.1. The number of carbonyl (C=O) groups is 1. The normalized spacial score (nSPS) is 11.5. The molecule has 4 aromatic rings. The van der Waals surface area contributed by atoms with Gasteiger partial charge in [-0.2, -0.15) is 0 Å². The number of H-pyrrole nitrogens is 1. The third kappa shape index (κ3) is 2.43. The Morgan fingerprint density at radius 2 is 1.96 bits per heavy atom. The maximum absolute atomic E-state index is 11.4. The molecule has 0 radical (unpaired) electrons. The van der Waals surface area contributed by atoms with Crippen molar-refractivity contribution in [1.29, 1.82) is 0 Å². The molecule has 2 heterocycles. The zero-order valence-electron chi connectivity index (χ0n) is 12.6. The Bertz CT molecular complexity index is 1150. The Morgan fingerprint density at radius 1 is 1.12 bits per heavy atom. The van der Waals surface area contributed by atoms with E-state index in [9.17, 15) is 15.0 Å². The second-order valence-corrected chi connectivity index (χ2v) is 5.15. The minimum absolute atomic E-state index is 0.0572. The number of fused-ring (bicyclic) bond motifs is 2. The van der Waals surface area contributed by atoms with Gasteiger partial charge in [-0.15, -0.1) is 10.2 Å². The predicted octanol–water partition coefficient (Wildman–Crippen LogP) is 3.33. The largest absolute Gasteiger partial charge is 0.505 e. The Kier molecular flexibility index (Phi) is 3.31. The van der Waals surface area contributed by atoms with Crippen molar-refractivity contribution in [1.82, 2.24) is 19.9 Å². The summed E-state index contributed by atoms with van der Waals surface area (Å²) in [7, 11) is 0. The fourth-order valence-electron chi connectivity index (χ4n) is 2.51. The molecule has 0 aliphatic carbocycles. The molecule has 3 N–H and O–H groups in total. The van der Waals surface area contributed by atoms with E-state index in [1.807, 2.05) is 0 Å². The first-order valence-corrected chi connectivity index (χ1v) is 7.19. The zero-order chi connectivity index (χ0) is 17.4. The van der Waals surface area contributed by atoms with Gasteiger partial charge in [0.1, 0.15) is 23.1 Å². The topological polar surface area (TPSA) is 137 Å². The van der Waals surface area contributed by atoms with E-state index < -0.39 is 11.7 Å². The highest BCUT2D eigenvalue weighted by molar-refractivity contribution is 6.04. The van der Waals surface area contributed by atoms with Crippen LogP contribution in [0.4, 0.5) is 11.5 Å². The van der Waals surface area contributed by atoms with E-state index >= 15 is 0 Å². The van der Waals surface area contributed by atoms with Gasteiger partial charge in [0, 0.05) is 5.39 Å². The van der Waals surface area contributed by atoms with E-state index in [1.165, 1.54) is 18.7 Å². The van der Waals surface area contributed by atoms with Crippen LogP contribution in [-0.2, 0) is 0 Å². The molecule has 0 bridgehead atoms. The zero-order valence-corrected chi connectivity index (χ0v) is 12.6. The Balaban J connectivity index is 1.92. The van der Waals surface area contributed by atoms with Crippen molar-refractivity contribution < 1.29 is 15.0 Å². The van der Waals surface area contributed by atoms with Crippen LogP contribution in [0.15, 0.2) is 53.2 Å². The molecule has 2 aromatic carbocycles. The number of aromatic amines is 1. The molecular weight excluding hydrogens is 324 g/mol. The van der Waals surface area contributed by atoms with Crippen LogP contribution in [0.5, 0.6) is 5.75 Å². The number of nitrogens with one attached hydrogen (secondary N) is 1. The molecule has 0 spiro atoms. The summed E-state index contributed by atoms with van der Waals surface area (Å²) in [6, 6.07) is 8.38. The van der Waals surface area contributed by atoms with Crippen LogP contribution >= 0.6 is 0 Å². The summed E-state index contributed by atoms with van der Waals surface area (Å²) in [6.45, 7) is 0. The number of azo groups is 1. The highest BCUT2D eigenvalue weighted by Gasteiger charge is 2.17. The first kappa shape index (κ1) is 14.7. The fourth-order valence-corrected chi connectivity index (χ4v) is 2.51. The molecule has 0 amide bonds. The summed E-state index contributed by atoms with van der Waals surface area (Å²) >= 11 is 0. The van der Waals surface area contributed by atoms with Crippen LogP contribution in [0.1, 0.15) is 10.4 Å². The average Bonchev–Trinajstić information content (AvgIpc) is 3.09. The van der Waals surface area contributed by atoms with Gasteiger partial charge in [0.05, 0.1) is 6.33 Å². The number of carboxylic acids is 1. The van der Waals surface area contributed by atoms with Crippen molar-refractivity contribution in [2.45, 2.75) is 0 Å². The quantitative estimate of drug-likeness (QED) is 0.491. The molecule has 2 aromatic heterocycles. The molecule has 122 valence electrons. The second-order valence-electron chi connectivity index (χ2n) is 5.15. The number of nitrogens with zero attached hydrogens (tertiary/aromatic N) is 5. The number of aromatic carboxylic acids is 1. The highest BCUT2D eigenvalue weighted by Crippen LogP contribution is 2.39. The van der Waals surface area contributed by atoms with Crippen molar-refractivity contribution in [2.75, 3.05) is 0 Å². The maximum atomic E-state index is 11.4. The van der Waals surface area contributed by atoms with E-state index in [1.54, 1.807) is 24.3 Å². The molecule has 0 atom stereocenters. The number of imidazole rings is 1. The van der Waals surface area contributed by atoms with Gasteiger partial charge in [-0.1, -0.05) is 24.3 Å². The number of hydrogen-bond donors (Lipinski definition) is 3. The van der Waals surface area contributed by atoms with Gasteiger partial charge >= 0.3 is 5.97 Å². The molecule has 0 saturated heterocycles. The minimum Gasteiger partial charge on any atom is -0.505 e. The lowest BCUT2D eigenvalue weighted by Crippen LogP contribution is -1.97. The SMILES string of the molecule is O=C(O)c1cc2ccccc2c(N=Nc2ncnc3nc[nH]c23)c1O. The van der Waals surface area contributed by atoms with Crippen molar-refractivity contribution in [3.8, 4) is 5.75 Å². The lowest BCUT2D eigenvalue weighted by atomic mass is 10.0. The van der Waals surface area contributed by atoms with Crippen LogP contribution in [0.3, 0.4) is 0 Å². The van der Waals surface area contributed by atoms with Crippen LogP contribution in [-0.4, -0.2) is 36.1 Å². The molecule has 0 fully saturated rings. The summed E-state index contributed by atoms with van der Waals surface area (Å²) in [4.78, 5) is 26.2. The Morgan fingerprint density at radius 3 is 2.80 bits per heavy atom. The summed E-state index contributed by atoms with van der Waals surface area (Å²) < 4.78 is 0. The van der Waals surface area contributed by atoms with Crippen LogP contribution in [0.25, 0.3) is 21.9 Å². The first-order valence-electron chi connectivity index (χ1n) is 7.19. The van der Waals surface area contributed by atoms with Gasteiger partial charge < -0.3 is 15.2 Å². The molecule has 4 rings (SSSR count). The van der Waals surface area contributed by atoms with E-state index in [4.69, 9.17) is 0 Å². The number of benzene rings is 2. The monoisotopic (exact) mass is 334 g/mol. The van der Waals surface area contributed by atoms with Gasteiger partial charge in [0.25, 0.3) is 0 Å². The standard InChI is InChI=1S/C16H10N6O3/c23-13-10(16(24)25)5-8-3-1-2-4-9(8)11(13)21-22-15-12-14(18-6-17-12)19-7-20-15/h1-7,23H,(H,24,25)(H,17,18,19,20). The van der Waals surface area contributed by atoms with E-state index in [-0.39, 0.29) is 17.1 Å². The molecular formula is C16H10N6O3. The fraction of sp³-hybridized carbons (Fsp3) is 0. The second kappa shape index (κ2) is 5.64. The lowest BCUT2D eigenvalue weighted by molar-refractivity contribution is 0.0694. The molecule has 0 aliphatic rings. The van der Waals surface area contributed by atoms with E-state index in [0.717, 1.165) is 0 Å². The Hall–Kier alpha value is -3.88. The van der Waals surface area contributed by atoms with Crippen molar-refractivity contribution in [3.63, 3.8) is 0 Å². The number of aromatic nitrogens is 4. The Labute approximate surface area is 139 Å². The third-order valence-corrected chi connectivity index (χ3v) is 3.67. The van der Waals surface area contributed by atoms with Crippen LogP contribution < -0.4 is 0 Å². The molecule has 0 unspecified atom stereocenters. The maximum Gasteiger partial charge on any atom is 0.339 e. The predicted molar refractivity (Wildman–Crippen MR) is 88.4 cm³/mol. The lowest BCUT2D eigenvalue weighted by Gasteiger charge is -2.07. The van der Waals surface area contributed by atoms with Crippen molar-refractivity contribution in [3.05, 3.63) is 48.5 Å². The highest BCUT2D eigenvalue weighted by atomic mass is 16.4. The van der Waals surface area contributed by atoms with E-state index in [2.05, 4.69) is 30.2 Å². The molecule has 25 heavy (non-hydrogen) atoms. The average molecular weight is 334 g/mol. The van der Waals surface area contributed by atoms with Crippen LogP contribution in [0, 0.1) is 0 Å². The van der Waals surface area contributed by atoms with Gasteiger partial charge in [-0.25, -0.2) is 19.7 Å². The molecule has 0 aliphatic heterocycles. The number of rotatable bonds is 3. The third-order valence-electron chi connectivity index (χ3n) is 3.67. The molecule has 0 saturated carbocycles. The molecule has 9 heteroatoms. The summed E-state index contributed by atoms with van der Waals surface area (Å²) in [5.74, 6) is -1.48. The number of aromatic hydroxyl groups is 1. The summed E-state index contributed by atoms with van der Waals surface area (Å²) in [5, 5.41) is 28.9. The van der Waals surface area contributed by atoms with Gasteiger partial charge in [-0.3, -0.25) is 0 Å². The van der Waals surface area contributed by atoms with Gasteiger partial charge in [0.15, 0.2) is 11.4 Å². The van der Waals surface area contributed by atoms with Gasteiger partial charge in [-0.05, 0) is 11.5 Å². The minimum atomic E-state index is -1.25.